The van der Waals surface area contributed by atoms with E-state index in [1.165, 1.54) is 18.2 Å². The normalized spacial score (nSPS) is 11.1. The highest BCUT2D eigenvalue weighted by molar-refractivity contribution is 5.90. The third-order valence-electron chi connectivity index (χ3n) is 3.56. The summed E-state index contributed by atoms with van der Waals surface area (Å²) in [5, 5.41) is 3.71. The minimum atomic E-state index is -2.87. The Morgan fingerprint density at radius 2 is 1.87 bits per heavy atom. The van der Waals surface area contributed by atoms with E-state index in [1.54, 1.807) is 18.2 Å². The Balaban J connectivity index is 1.93. The van der Waals surface area contributed by atoms with Gasteiger partial charge in [0, 0.05) is 29.2 Å². The molecule has 3 rings (SSSR count). The predicted octanol–water partition coefficient (Wildman–Crippen LogP) is 4.22. The molecule has 0 aliphatic rings. The molecule has 2 aromatic carbocycles. The molecule has 23 heavy (non-hydrogen) atoms. The third kappa shape index (κ3) is 3.06. The van der Waals surface area contributed by atoms with Crippen LogP contribution >= 0.6 is 0 Å². The number of alkyl halides is 2. The van der Waals surface area contributed by atoms with Gasteiger partial charge in [0.2, 0.25) is 5.56 Å². The molecule has 0 atom stereocenters. The lowest BCUT2D eigenvalue weighted by Crippen LogP contribution is -2.09. The molecule has 1 heterocycles. The maximum absolute atomic E-state index is 14.0. The number of aromatic nitrogens is 1. The first kappa shape index (κ1) is 15.1. The first-order valence-corrected chi connectivity index (χ1v) is 6.97. The van der Waals surface area contributed by atoms with Crippen molar-refractivity contribution in [2.24, 2.45) is 0 Å². The van der Waals surface area contributed by atoms with Gasteiger partial charge in [-0.15, -0.1) is 0 Å². The number of pyridine rings is 1. The smallest absolute Gasteiger partial charge is 0.266 e. The fourth-order valence-corrected chi connectivity index (χ4v) is 2.45. The molecule has 0 fully saturated rings. The highest BCUT2D eigenvalue weighted by Gasteiger charge is 2.16. The second-order valence-corrected chi connectivity index (χ2v) is 5.07. The summed E-state index contributed by atoms with van der Waals surface area (Å²) in [6.07, 6.45) is -2.87. The van der Waals surface area contributed by atoms with Crippen molar-refractivity contribution in [2.45, 2.75) is 13.0 Å². The van der Waals surface area contributed by atoms with E-state index in [2.05, 4.69) is 10.3 Å². The van der Waals surface area contributed by atoms with Gasteiger partial charge in [-0.2, -0.15) is 0 Å². The SMILES string of the molecule is O=c1cc(NCc2cccc(C(F)F)c2F)c2ccccc2[nH]1. The Morgan fingerprint density at radius 3 is 2.65 bits per heavy atom. The number of halogens is 3. The fraction of sp³-hybridized carbons (Fsp3) is 0.118. The maximum Gasteiger partial charge on any atom is 0.266 e. The average molecular weight is 318 g/mol. The molecule has 0 radical (unpaired) electrons. The Morgan fingerprint density at radius 1 is 1.09 bits per heavy atom. The van der Waals surface area contributed by atoms with E-state index in [0.29, 0.717) is 11.2 Å². The molecular formula is C17H13F3N2O. The van der Waals surface area contributed by atoms with Gasteiger partial charge in [0.05, 0.1) is 11.1 Å². The van der Waals surface area contributed by atoms with Crippen molar-refractivity contribution >= 4 is 16.6 Å². The van der Waals surface area contributed by atoms with Gasteiger partial charge in [-0.05, 0) is 6.07 Å². The number of hydrogen-bond donors (Lipinski definition) is 2. The molecule has 0 bridgehead atoms. The summed E-state index contributed by atoms with van der Waals surface area (Å²) in [5.41, 5.74) is 0.357. The van der Waals surface area contributed by atoms with E-state index < -0.39 is 17.8 Å². The molecule has 1 aromatic heterocycles. The number of aromatic amines is 1. The quantitative estimate of drug-likeness (QED) is 0.756. The molecule has 0 spiro atoms. The van der Waals surface area contributed by atoms with Crippen LogP contribution in [-0.2, 0) is 6.54 Å². The average Bonchev–Trinajstić information content (AvgIpc) is 2.53. The number of H-pyrrole nitrogens is 1. The molecule has 0 amide bonds. The highest BCUT2D eigenvalue weighted by Crippen LogP contribution is 2.25. The summed E-state index contributed by atoms with van der Waals surface area (Å²) in [5.74, 6) is -0.927. The van der Waals surface area contributed by atoms with E-state index in [9.17, 15) is 18.0 Å². The summed E-state index contributed by atoms with van der Waals surface area (Å²) >= 11 is 0. The summed E-state index contributed by atoms with van der Waals surface area (Å²) in [6.45, 7) is -0.000158. The molecular weight excluding hydrogens is 305 g/mol. The Bertz CT molecular complexity index is 906. The van der Waals surface area contributed by atoms with Crippen LogP contribution in [0.1, 0.15) is 17.6 Å². The number of rotatable bonds is 4. The van der Waals surface area contributed by atoms with Crippen molar-refractivity contribution in [3.8, 4) is 0 Å². The van der Waals surface area contributed by atoms with Crippen molar-refractivity contribution in [2.75, 3.05) is 5.32 Å². The molecule has 0 saturated heterocycles. The predicted molar refractivity (Wildman–Crippen MR) is 83.3 cm³/mol. The van der Waals surface area contributed by atoms with Crippen molar-refractivity contribution in [1.29, 1.82) is 0 Å². The second-order valence-electron chi connectivity index (χ2n) is 5.07. The number of anilines is 1. The van der Waals surface area contributed by atoms with Crippen LogP contribution in [0.25, 0.3) is 10.9 Å². The number of fused-ring (bicyclic) bond motifs is 1. The van der Waals surface area contributed by atoms with E-state index in [0.717, 1.165) is 11.5 Å². The van der Waals surface area contributed by atoms with Crippen molar-refractivity contribution in [1.82, 2.24) is 4.98 Å². The topological polar surface area (TPSA) is 44.9 Å². The first-order chi connectivity index (χ1) is 11.1. The summed E-state index contributed by atoms with van der Waals surface area (Å²) in [6, 6.07) is 12.4. The molecule has 0 saturated carbocycles. The standard InChI is InChI=1S/C17H13F3N2O/c18-16-10(4-3-6-12(16)17(19)20)9-21-14-8-15(23)22-13-7-2-1-5-11(13)14/h1-8,17H,9H2,(H2,21,22,23). The van der Waals surface area contributed by atoms with Crippen molar-refractivity contribution in [3.63, 3.8) is 0 Å². The van der Waals surface area contributed by atoms with Crippen LogP contribution in [0.3, 0.4) is 0 Å². The van der Waals surface area contributed by atoms with Gasteiger partial charge in [-0.25, -0.2) is 13.2 Å². The lowest BCUT2D eigenvalue weighted by atomic mass is 10.1. The Hall–Kier alpha value is -2.76. The van der Waals surface area contributed by atoms with Gasteiger partial charge < -0.3 is 10.3 Å². The minimum Gasteiger partial charge on any atom is -0.380 e. The van der Waals surface area contributed by atoms with E-state index in [1.807, 2.05) is 6.07 Å². The zero-order chi connectivity index (χ0) is 16.4. The van der Waals surface area contributed by atoms with E-state index >= 15 is 0 Å². The fourth-order valence-electron chi connectivity index (χ4n) is 2.45. The van der Waals surface area contributed by atoms with Gasteiger partial charge in [-0.1, -0.05) is 36.4 Å². The van der Waals surface area contributed by atoms with Crippen LogP contribution in [-0.4, -0.2) is 4.98 Å². The van der Waals surface area contributed by atoms with Gasteiger partial charge in [0.15, 0.2) is 0 Å². The summed E-state index contributed by atoms with van der Waals surface area (Å²) in [7, 11) is 0. The number of hydrogen-bond acceptors (Lipinski definition) is 2. The lowest BCUT2D eigenvalue weighted by molar-refractivity contribution is 0.146. The van der Waals surface area contributed by atoms with Crippen LogP contribution in [0.15, 0.2) is 53.3 Å². The largest absolute Gasteiger partial charge is 0.380 e. The zero-order valence-electron chi connectivity index (χ0n) is 11.9. The molecule has 3 nitrogen and oxygen atoms in total. The van der Waals surface area contributed by atoms with Crippen LogP contribution in [0.2, 0.25) is 0 Å². The summed E-state index contributed by atoms with van der Waals surface area (Å²) in [4.78, 5) is 14.4. The van der Waals surface area contributed by atoms with Crippen LogP contribution in [0, 0.1) is 5.82 Å². The number of nitrogens with one attached hydrogen (secondary N) is 2. The molecule has 3 aromatic rings. The number of para-hydroxylation sites is 1. The molecule has 0 aliphatic heterocycles. The second kappa shape index (κ2) is 6.16. The first-order valence-electron chi connectivity index (χ1n) is 6.97. The molecule has 2 N–H and O–H groups in total. The van der Waals surface area contributed by atoms with Gasteiger partial charge in [-0.3, -0.25) is 4.79 Å². The minimum absolute atomic E-state index is 0.000158. The Labute approximate surface area is 129 Å². The van der Waals surface area contributed by atoms with Crippen LogP contribution in [0.4, 0.5) is 18.9 Å². The lowest BCUT2D eigenvalue weighted by Gasteiger charge is -2.11. The molecule has 6 heteroatoms. The monoisotopic (exact) mass is 318 g/mol. The highest BCUT2D eigenvalue weighted by atomic mass is 19.3. The van der Waals surface area contributed by atoms with E-state index in [-0.39, 0.29) is 17.7 Å². The molecule has 0 unspecified atom stereocenters. The van der Waals surface area contributed by atoms with Gasteiger partial charge in [0.25, 0.3) is 6.43 Å². The summed E-state index contributed by atoms with van der Waals surface area (Å²) < 4.78 is 39.5. The maximum atomic E-state index is 14.0. The van der Waals surface area contributed by atoms with Crippen LogP contribution < -0.4 is 10.9 Å². The van der Waals surface area contributed by atoms with Gasteiger partial charge >= 0.3 is 0 Å². The Kier molecular flexibility index (Phi) is 4.06. The molecule has 0 aliphatic carbocycles. The van der Waals surface area contributed by atoms with Crippen molar-refractivity contribution in [3.05, 3.63) is 75.8 Å². The molecule has 118 valence electrons. The number of benzene rings is 2. The zero-order valence-corrected chi connectivity index (χ0v) is 11.9. The third-order valence-corrected chi connectivity index (χ3v) is 3.56. The van der Waals surface area contributed by atoms with Crippen molar-refractivity contribution < 1.29 is 13.2 Å². The van der Waals surface area contributed by atoms with Crippen LogP contribution in [0.5, 0.6) is 0 Å². The van der Waals surface area contributed by atoms with Gasteiger partial charge in [0.1, 0.15) is 5.82 Å². The van der Waals surface area contributed by atoms with E-state index in [4.69, 9.17) is 0 Å².